The Morgan fingerprint density at radius 1 is 1.75 bits per heavy atom. The number of nitrogens with zero attached hydrogens (tertiary/aromatic N) is 1. The van der Waals surface area contributed by atoms with Gasteiger partial charge in [-0.3, -0.25) is 9.78 Å². The molecule has 12 heavy (non-hydrogen) atoms. The smallest absolute Gasteiger partial charge is 0.252 e. The lowest BCUT2D eigenvalue weighted by Crippen LogP contribution is -2.21. The Balaban J connectivity index is 2.95. The highest BCUT2D eigenvalue weighted by molar-refractivity contribution is 5.79. The van der Waals surface area contributed by atoms with E-state index in [0.717, 1.165) is 5.56 Å². The predicted molar refractivity (Wildman–Crippen MR) is 43.1 cm³/mol. The van der Waals surface area contributed by atoms with Crippen LogP contribution in [0, 0.1) is 6.92 Å². The van der Waals surface area contributed by atoms with Crippen LogP contribution in [0.5, 0.6) is 0 Å². The summed E-state index contributed by atoms with van der Waals surface area (Å²) in [5, 5.41) is 9.19. The zero-order chi connectivity index (χ0) is 9.14. The Morgan fingerprint density at radius 2 is 2.42 bits per heavy atom. The Bertz CT molecular complexity index is 299. The van der Waals surface area contributed by atoms with Gasteiger partial charge in [-0.1, -0.05) is 0 Å². The summed E-state index contributed by atoms with van der Waals surface area (Å²) in [6, 6.07) is 3.40. The number of aryl methyl sites for hydroxylation is 1. The van der Waals surface area contributed by atoms with Gasteiger partial charge in [0.05, 0.1) is 5.69 Å². The van der Waals surface area contributed by atoms with Gasteiger partial charge in [-0.05, 0) is 24.6 Å². The van der Waals surface area contributed by atoms with Gasteiger partial charge in [-0.25, -0.2) is 0 Å². The lowest BCUT2D eigenvalue weighted by atomic mass is 10.2. The number of pyridine rings is 1. The average Bonchev–Trinajstić information content (AvgIpc) is 2.03. The van der Waals surface area contributed by atoms with Gasteiger partial charge in [0.15, 0.2) is 6.10 Å². The molecule has 0 fully saturated rings. The second-order valence-corrected chi connectivity index (χ2v) is 2.56. The molecule has 4 heteroatoms. The first-order valence-electron chi connectivity index (χ1n) is 3.51. The van der Waals surface area contributed by atoms with E-state index < -0.39 is 12.0 Å². The van der Waals surface area contributed by atoms with Crippen molar-refractivity contribution in [1.82, 2.24) is 4.98 Å². The van der Waals surface area contributed by atoms with Crippen LogP contribution in [0.3, 0.4) is 0 Å². The van der Waals surface area contributed by atoms with E-state index in [1.54, 1.807) is 12.1 Å². The van der Waals surface area contributed by atoms with E-state index in [1.165, 1.54) is 6.20 Å². The second-order valence-electron chi connectivity index (χ2n) is 2.56. The SMILES string of the molecule is Cc1ccnc(C(O)C(N)=O)c1. The molecule has 0 saturated heterocycles. The van der Waals surface area contributed by atoms with Gasteiger partial charge in [0.1, 0.15) is 0 Å². The van der Waals surface area contributed by atoms with Crippen molar-refractivity contribution in [3.05, 3.63) is 29.6 Å². The van der Waals surface area contributed by atoms with Crippen LogP contribution in [-0.2, 0) is 4.79 Å². The molecular formula is C8H10N2O2. The Morgan fingerprint density at radius 3 is 2.92 bits per heavy atom. The molecule has 0 aliphatic heterocycles. The maximum atomic E-state index is 10.5. The van der Waals surface area contributed by atoms with Gasteiger partial charge in [-0.15, -0.1) is 0 Å². The van der Waals surface area contributed by atoms with Crippen molar-refractivity contribution in [2.45, 2.75) is 13.0 Å². The normalized spacial score (nSPS) is 12.5. The van der Waals surface area contributed by atoms with Crippen LogP contribution >= 0.6 is 0 Å². The number of aliphatic hydroxyl groups is 1. The molecule has 1 rings (SSSR count). The minimum absolute atomic E-state index is 0.294. The largest absolute Gasteiger partial charge is 0.377 e. The highest BCUT2D eigenvalue weighted by Crippen LogP contribution is 2.09. The molecule has 1 unspecified atom stereocenters. The summed E-state index contributed by atoms with van der Waals surface area (Å²) in [6.07, 6.45) is 0.224. The molecule has 64 valence electrons. The van der Waals surface area contributed by atoms with Gasteiger partial charge < -0.3 is 10.8 Å². The number of nitrogens with two attached hydrogens (primary N) is 1. The van der Waals surface area contributed by atoms with E-state index in [1.807, 2.05) is 6.92 Å². The third-order valence-electron chi connectivity index (χ3n) is 1.49. The van der Waals surface area contributed by atoms with Gasteiger partial charge in [0.2, 0.25) is 0 Å². The lowest BCUT2D eigenvalue weighted by molar-refractivity contribution is -0.126. The van der Waals surface area contributed by atoms with Crippen LogP contribution in [0.4, 0.5) is 0 Å². The number of carbonyl (C=O) groups excluding carboxylic acids is 1. The van der Waals surface area contributed by atoms with Crippen molar-refractivity contribution in [2.24, 2.45) is 5.73 Å². The number of hydrogen-bond acceptors (Lipinski definition) is 3. The summed E-state index contributed by atoms with van der Waals surface area (Å²) in [4.78, 5) is 14.4. The summed E-state index contributed by atoms with van der Waals surface area (Å²) >= 11 is 0. The molecule has 0 aliphatic rings. The highest BCUT2D eigenvalue weighted by atomic mass is 16.3. The summed E-state index contributed by atoms with van der Waals surface area (Å²) < 4.78 is 0. The molecule has 1 atom stereocenters. The van der Waals surface area contributed by atoms with Crippen molar-refractivity contribution >= 4 is 5.91 Å². The van der Waals surface area contributed by atoms with Crippen LogP contribution in [0.1, 0.15) is 17.4 Å². The number of carbonyl (C=O) groups is 1. The maximum Gasteiger partial charge on any atom is 0.252 e. The topological polar surface area (TPSA) is 76.2 Å². The van der Waals surface area contributed by atoms with Crippen LogP contribution in [0.2, 0.25) is 0 Å². The molecule has 0 spiro atoms. The van der Waals surface area contributed by atoms with Gasteiger partial charge >= 0.3 is 0 Å². The van der Waals surface area contributed by atoms with E-state index >= 15 is 0 Å². The van der Waals surface area contributed by atoms with E-state index in [-0.39, 0.29) is 0 Å². The summed E-state index contributed by atoms with van der Waals surface area (Å²) in [6.45, 7) is 1.85. The summed E-state index contributed by atoms with van der Waals surface area (Å²) in [5.41, 5.74) is 6.11. The average molecular weight is 166 g/mol. The van der Waals surface area contributed by atoms with Crippen LogP contribution < -0.4 is 5.73 Å². The highest BCUT2D eigenvalue weighted by Gasteiger charge is 2.14. The summed E-state index contributed by atoms with van der Waals surface area (Å²) in [7, 11) is 0. The number of aliphatic hydroxyl groups excluding tert-OH is 1. The van der Waals surface area contributed by atoms with E-state index in [4.69, 9.17) is 5.73 Å². The number of primary amides is 1. The Hall–Kier alpha value is -1.42. The summed E-state index contributed by atoms with van der Waals surface area (Å²) in [5.74, 6) is -0.784. The Kier molecular flexibility index (Phi) is 2.40. The molecule has 0 aromatic carbocycles. The number of rotatable bonds is 2. The molecule has 1 amide bonds. The monoisotopic (exact) mass is 166 g/mol. The first kappa shape index (κ1) is 8.67. The van der Waals surface area contributed by atoms with Crippen molar-refractivity contribution in [1.29, 1.82) is 0 Å². The quantitative estimate of drug-likeness (QED) is 0.644. The van der Waals surface area contributed by atoms with Crippen LogP contribution in [0.25, 0.3) is 0 Å². The molecule has 0 saturated carbocycles. The van der Waals surface area contributed by atoms with Gasteiger partial charge in [-0.2, -0.15) is 0 Å². The molecule has 4 nitrogen and oxygen atoms in total. The molecule has 0 bridgehead atoms. The van der Waals surface area contributed by atoms with Crippen molar-refractivity contribution in [3.8, 4) is 0 Å². The number of aromatic nitrogens is 1. The fourth-order valence-electron chi connectivity index (χ4n) is 0.855. The molecular weight excluding hydrogens is 156 g/mol. The maximum absolute atomic E-state index is 10.5. The first-order valence-corrected chi connectivity index (χ1v) is 3.51. The molecule has 0 aliphatic carbocycles. The van der Waals surface area contributed by atoms with Crippen LogP contribution in [0.15, 0.2) is 18.3 Å². The molecule has 1 heterocycles. The standard InChI is InChI=1S/C8H10N2O2/c1-5-2-3-10-6(4-5)7(11)8(9)12/h2-4,7,11H,1H3,(H2,9,12). The van der Waals surface area contributed by atoms with E-state index in [9.17, 15) is 9.90 Å². The third-order valence-corrected chi connectivity index (χ3v) is 1.49. The lowest BCUT2D eigenvalue weighted by Gasteiger charge is -2.05. The Labute approximate surface area is 70.0 Å². The molecule has 3 N–H and O–H groups in total. The molecule has 0 radical (unpaired) electrons. The van der Waals surface area contributed by atoms with Crippen molar-refractivity contribution in [3.63, 3.8) is 0 Å². The van der Waals surface area contributed by atoms with Crippen molar-refractivity contribution in [2.75, 3.05) is 0 Å². The first-order chi connectivity index (χ1) is 5.61. The van der Waals surface area contributed by atoms with Gasteiger partial charge in [0, 0.05) is 6.20 Å². The van der Waals surface area contributed by atoms with Crippen LogP contribution in [-0.4, -0.2) is 16.0 Å². The van der Waals surface area contributed by atoms with E-state index in [0.29, 0.717) is 5.69 Å². The second kappa shape index (κ2) is 3.32. The fraction of sp³-hybridized carbons (Fsp3) is 0.250. The fourth-order valence-corrected chi connectivity index (χ4v) is 0.855. The third kappa shape index (κ3) is 1.79. The number of amides is 1. The molecule has 1 aromatic rings. The van der Waals surface area contributed by atoms with E-state index in [2.05, 4.69) is 4.98 Å². The molecule has 1 aromatic heterocycles. The van der Waals surface area contributed by atoms with Gasteiger partial charge in [0.25, 0.3) is 5.91 Å². The van der Waals surface area contributed by atoms with Crippen molar-refractivity contribution < 1.29 is 9.90 Å². The number of hydrogen-bond donors (Lipinski definition) is 2. The zero-order valence-electron chi connectivity index (χ0n) is 6.69. The minimum Gasteiger partial charge on any atom is -0.377 e. The minimum atomic E-state index is -1.30. The predicted octanol–water partition coefficient (Wildman–Crippen LogP) is -0.0913. The zero-order valence-corrected chi connectivity index (χ0v) is 6.69.